The van der Waals surface area contributed by atoms with Crippen molar-refractivity contribution in [3.05, 3.63) is 40.4 Å². The lowest BCUT2D eigenvalue weighted by Gasteiger charge is -2.10. The molecule has 5 heteroatoms. The van der Waals surface area contributed by atoms with Crippen LogP contribution in [0.2, 0.25) is 0 Å². The van der Waals surface area contributed by atoms with Crippen molar-refractivity contribution in [3.8, 4) is 5.69 Å². The molecular weight excluding hydrogens is 234 g/mol. The van der Waals surface area contributed by atoms with Crippen LogP contribution in [0.5, 0.6) is 0 Å². The van der Waals surface area contributed by atoms with Crippen molar-refractivity contribution in [2.24, 2.45) is 0 Å². The summed E-state index contributed by atoms with van der Waals surface area (Å²) in [6, 6.07) is 8.17. The molecule has 0 spiro atoms. The molecule has 0 radical (unpaired) electrons. The zero-order valence-corrected chi connectivity index (χ0v) is 10.8. The summed E-state index contributed by atoms with van der Waals surface area (Å²) in [5.41, 5.74) is 2.31. The lowest BCUT2D eigenvalue weighted by molar-refractivity contribution is 0.176. The first-order valence-corrected chi connectivity index (χ1v) is 5.92. The maximum Gasteiger partial charge on any atom is 0.199 e. The highest BCUT2D eigenvalue weighted by atomic mass is 32.1. The van der Waals surface area contributed by atoms with Crippen molar-refractivity contribution in [1.29, 1.82) is 0 Å². The maximum absolute atomic E-state index is 5.27. The Balaban J connectivity index is 2.59. The summed E-state index contributed by atoms with van der Waals surface area (Å²) in [7, 11) is 1.65. The minimum atomic E-state index is 0.436. The number of rotatable bonds is 4. The van der Waals surface area contributed by atoms with Crippen molar-refractivity contribution in [2.45, 2.75) is 20.0 Å². The number of ether oxygens (including phenoxy) is 1. The van der Waals surface area contributed by atoms with E-state index < -0.39 is 0 Å². The molecule has 2 aromatic rings. The average molecular weight is 249 g/mol. The third-order valence-electron chi connectivity index (χ3n) is 2.63. The van der Waals surface area contributed by atoms with Crippen LogP contribution in [-0.2, 0) is 17.8 Å². The Kier molecular flexibility index (Phi) is 3.71. The Morgan fingerprint density at radius 2 is 2.18 bits per heavy atom. The molecule has 17 heavy (non-hydrogen) atoms. The van der Waals surface area contributed by atoms with Crippen molar-refractivity contribution in [2.75, 3.05) is 7.11 Å². The fourth-order valence-electron chi connectivity index (χ4n) is 1.83. The van der Waals surface area contributed by atoms with Crippen molar-refractivity contribution < 1.29 is 4.74 Å². The summed E-state index contributed by atoms with van der Waals surface area (Å²) in [5.74, 6) is 0.790. The minimum Gasteiger partial charge on any atom is -0.377 e. The van der Waals surface area contributed by atoms with Crippen LogP contribution in [0.4, 0.5) is 0 Å². The molecule has 1 N–H and O–H groups in total. The second-order valence-corrected chi connectivity index (χ2v) is 4.08. The van der Waals surface area contributed by atoms with Crippen LogP contribution >= 0.6 is 12.2 Å². The van der Waals surface area contributed by atoms with Crippen LogP contribution in [-0.4, -0.2) is 21.9 Å². The first-order valence-electron chi connectivity index (χ1n) is 5.51. The fraction of sp³-hybridized carbons (Fsp3) is 0.333. The quantitative estimate of drug-likeness (QED) is 0.847. The van der Waals surface area contributed by atoms with E-state index in [-0.39, 0.29) is 0 Å². The van der Waals surface area contributed by atoms with E-state index in [9.17, 15) is 0 Å². The predicted octanol–water partition coefficient (Wildman–Crippen LogP) is 2.64. The lowest BCUT2D eigenvalue weighted by atomic mass is 10.1. The number of nitrogens with one attached hydrogen (secondary N) is 1. The largest absolute Gasteiger partial charge is 0.377 e. The first kappa shape index (κ1) is 12.0. The molecule has 0 aliphatic rings. The Morgan fingerprint density at radius 3 is 2.88 bits per heavy atom. The number of para-hydroxylation sites is 1. The zero-order chi connectivity index (χ0) is 12.3. The molecule has 1 heterocycles. The molecule has 4 nitrogen and oxygen atoms in total. The van der Waals surface area contributed by atoms with Crippen LogP contribution in [0.25, 0.3) is 5.69 Å². The van der Waals surface area contributed by atoms with E-state index in [1.54, 1.807) is 7.11 Å². The van der Waals surface area contributed by atoms with Crippen LogP contribution in [0.1, 0.15) is 18.3 Å². The van der Waals surface area contributed by atoms with Crippen molar-refractivity contribution in [3.63, 3.8) is 0 Å². The fourth-order valence-corrected chi connectivity index (χ4v) is 2.08. The van der Waals surface area contributed by atoms with Crippen LogP contribution in [0.3, 0.4) is 0 Å². The van der Waals surface area contributed by atoms with Gasteiger partial charge in [0.25, 0.3) is 0 Å². The predicted molar refractivity (Wildman–Crippen MR) is 68.8 cm³/mol. The third-order valence-corrected chi connectivity index (χ3v) is 2.90. The normalized spacial score (nSPS) is 10.7. The number of aromatic nitrogens is 3. The number of methoxy groups -OCH3 is 1. The summed E-state index contributed by atoms with van der Waals surface area (Å²) in [4.78, 5) is 0. The Bertz CT molecular complexity index is 559. The minimum absolute atomic E-state index is 0.436. The summed E-state index contributed by atoms with van der Waals surface area (Å²) in [5, 5.41) is 6.99. The molecule has 0 amide bonds. The molecule has 0 unspecified atom stereocenters. The van der Waals surface area contributed by atoms with Gasteiger partial charge in [-0.25, -0.2) is 0 Å². The van der Waals surface area contributed by atoms with Crippen LogP contribution < -0.4 is 0 Å². The maximum atomic E-state index is 5.27. The number of nitrogens with zero attached hydrogens (tertiary/aromatic N) is 2. The van der Waals surface area contributed by atoms with E-state index in [0.717, 1.165) is 17.9 Å². The van der Waals surface area contributed by atoms with E-state index in [4.69, 9.17) is 17.0 Å². The van der Waals surface area contributed by atoms with Crippen molar-refractivity contribution in [1.82, 2.24) is 14.8 Å². The molecule has 0 atom stereocenters. The van der Waals surface area contributed by atoms with Gasteiger partial charge in [-0.1, -0.05) is 25.1 Å². The molecule has 0 saturated heterocycles. The molecule has 1 aromatic heterocycles. The van der Waals surface area contributed by atoms with Gasteiger partial charge in [0.2, 0.25) is 0 Å². The van der Waals surface area contributed by atoms with E-state index >= 15 is 0 Å². The van der Waals surface area contributed by atoms with E-state index in [1.807, 2.05) is 22.8 Å². The van der Waals surface area contributed by atoms with E-state index in [2.05, 4.69) is 23.2 Å². The summed E-state index contributed by atoms with van der Waals surface area (Å²) in [6.45, 7) is 2.56. The van der Waals surface area contributed by atoms with Gasteiger partial charge in [-0.3, -0.25) is 9.67 Å². The van der Waals surface area contributed by atoms with Crippen LogP contribution in [0, 0.1) is 4.77 Å². The van der Waals surface area contributed by atoms with Gasteiger partial charge in [0.05, 0.1) is 5.69 Å². The highest BCUT2D eigenvalue weighted by molar-refractivity contribution is 7.71. The van der Waals surface area contributed by atoms with Gasteiger partial charge in [-0.15, -0.1) is 0 Å². The number of hydrogen-bond acceptors (Lipinski definition) is 3. The van der Waals surface area contributed by atoms with Crippen LogP contribution in [0.15, 0.2) is 24.3 Å². The second-order valence-electron chi connectivity index (χ2n) is 3.70. The molecular formula is C12H15N3OS. The monoisotopic (exact) mass is 249 g/mol. The van der Waals surface area contributed by atoms with Gasteiger partial charge < -0.3 is 4.74 Å². The van der Waals surface area contributed by atoms with E-state index in [1.165, 1.54) is 5.56 Å². The van der Waals surface area contributed by atoms with Gasteiger partial charge in [0.1, 0.15) is 6.61 Å². The average Bonchev–Trinajstić information content (AvgIpc) is 2.71. The standard InChI is InChI=1S/C12H15N3OS/c1-3-9-6-4-5-7-10(9)15-11(8-16-2)13-14-12(15)17/h4-7H,3,8H2,1-2H3,(H,14,17). The number of H-pyrrole nitrogens is 1. The number of benzene rings is 1. The Hall–Kier alpha value is -1.46. The molecule has 90 valence electrons. The zero-order valence-electron chi connectivity index (χ0n) is 9.93. The van der Waals surface area contributed by atoms with Gasteiger partial charge in [-0.2, -0.15) is 5.10 Å². The van der Waals surface area contributed by atoms with Gasteiger partial charge in [0, 0.05) is 7.11 Å². The Labute approximate surface area is 105 Å². The number of aryl methyl sites for hydroxylation is 1. The summed E-state index contributed by atoms with van der Waals surface area (Å²) < 4.78 is 7.65. The first-order chi connectivity index (χ1) is 8.27. The molecule has 0 aliphatic heterocycles. The molecule has 0 bridgehead atoms. The van der Waals surface area contributed by atoms with Gasteiger partial charge in [-0.05, 0) is 30.3 Å². The van der Waals surface area contributed by atoms with E-state index in [0.29, 0.717) is 11.4 Å². The third kappa shape index (κ3) is 2.30. The van der Waals surface area contributed by atoms with Gasteiger partial charge in [0.15, 0.2) is 10.6 Å². The van der Waals surface area contributed by atoms with Crippen molar-refractivity contribution >= 4 is 12.2 Å². The number of aromatic amines is 1. The highest BCUT2D eigenvalue weighted by Gasteiger charge is 2.10. The van der Waals surface area contributed by atoms with Gasteiger partial charge >= 0.3 is 0 Å². The summed E-state index contributed by atoms with van der Waals surface area (Å²) >= 11 is 5.27. The second kappa shape index (κ2) is 5.25. The molecule has 0 aliphatic carbocycles. The molecule has 2 rings (SSSR count). The smallest absolute Gasteiger partial charge is 0.199 e. The lowest BCUT2D eigenvalue weighted by Crippen LogP contribution is -2.05. The molecule has 1 aromatic carbocycles. The summed E-state index contributed by atoms with van der Waals surface area (Å²) in [6.07, 6.45) is 0.954. The number of hydrogen-bond donors (Lipinski definition) is 1. The molecule has 0 fully saturated rings. The highest BCUT2D eigenvalue weighted by Crippen LogP contribution is 2.17. The SMILES string of the molecule is CCc1ccccc1-n1c(COC)n[nH]c1=S. The molecule has 0 saturated carbocycles. The topological polar surface area (TPSA) is 42.8 Å². The Morgan fingerprint density at radius 1 is 1.41 bits per heavy atom.